The zero-order chi connectivity index (χ0) is 17.0. The molecule has 24 heavy (non-hydrogen) atoms. The highest BCUT2D eigenvalue weighted by Gasteiger charge is 2.44. The van der Waals surface area contributed by atoms with Gasteiger partial charge in [0.05, 0.1) is 5.41 Å². The Balaban J connectivity index is 2.39. The maximum absolute atomic E-state index is 12.3. The minimum Gasteiger partial charge on any atom is -0.281 e. The first kappa shape index (κ1) is 16.5. The Bertz CT molecular complexity index is 700. The van der Waals surface area contributed by atoms with Gasteiger partial charge >= 0.3 is 0 Å². The first-order chi connectivity index (χ1) is 11.7. The number of hydrogen-bond donors (Lipinski definition) is 0. The van der Waals surface area contributed by atoms with Gasteiger partial charge in [-0.2, -0.15) is 0 Å². The van der Waals surface area contributed by atoms with Crippen molar-refractivity contribution in [3.8, 4) is 0 Å². The van der Waals surface area contributed by atoms with E-state index in [0.717, 1.165) is 16.7 Å². The van der Waals surface area contributed by atoms with E-state index in [1.54, 1.807) is 0 Å². The summed E-state index contributed by atoms with van der Waals surface area (Å²) in [6.07, 6.45) is 0. The molecule has 0 amide bonds. The van der Waals surface area contributed by atoms with Crippen LogP contribution in [0.1, 0.15) is 23.6 Å². The molecule has 0 aromatic heterocycles. The molecule has 0 heterocycles. The Morgan fingerprint density at radius 2 is 1.00 bits per heavy atom. The smallest absolute Gasteiger partial charge is 0.226 e. The van der Waals surface area contributed by atoms with E-state index in [1.165, 1.54) is 0 Å². The second-order valence-electron chi connectivity index (χ2n) is 5.93. The van der Waals surface area contributed by atoms with Gasteiger partial charge in [-0.1, -0.05) is 97.9 Å². The molecule has 0 radical (unpaired) electrons. The van der Waals surface area contributed by atoms with E-state index in [-0.39, 0.29) is 5.24 Å². The predicted molar refractivity (Wildman–Crippen MR) is 99.2 cm³/mol. The van der Waals surface area contributed by atoms with Crippen LogP contribution in [-0.4, -0.2) is 5.24 Å². The average Bonchev–Trinajstić information content (AvgIpc) is 2.65. The van der Waals surface area contributed by atoms with Gasteiger partial charge in [0.15, 0.2) is 0 Å². The van der Waals surface area contributed by atoms with Crippen molar-refractivity contribution in [1.29, 1.82) is 0 Å². The molecule has 0 spiro atoms. The van der Waals surface area contributed by atoms with Crippen LogP contribution in [-0.2, 0) is 10.2 Å². The van der Waals surface area contributed by atoms with Gasteiger partial charge < -0.3 is 0 Å². The van der Waals surface area contributed by atoms with Crippen molar-refractivity contribution in [3.63, 3.8) is 0 Å². The lowest BCUT2D eigenvalue weighted by Crippen LogP contribution is -2.39. The van der Waals surface area contributed by atoms with E-state index in [0.29, 0.717) is 0 Å². The van der Waals surface area contributed by atoms with E-state index in [4.69, 9.17) is 11.6 Å². The van der Waals surface area contributed by atoms with Crippen molar-refractivity contribution in [3.05, 3.63) is 108 Å². The van der Waals surface area contributed by atoms with Crippen LogP contribution in [0.4, 0.5) is 0 Å². The highest BCUT2D eigenvalue weighted by molar-refractivity contribution is 6.64. The summed E-state index contributed by atoms with van der Waals surface area (Å²) in [6, 6.07) is 30.4. The highest BCUT2D eigenvalue weighted by atomic mass is 35.5. The monoisotopic (exact) mass is 334 g/mol. The van der Waals surface area contributed by atoms with E-state index in [2.05, 4.69) is 36.4 Å². The van der Waals surface area contributed by atoms with Gasteiger partial charge in [-0.25, -0.2) is 0 Å². The Hall–Kier alpha value is -2.38. The zero-order valence-electron chi connectivity index (χ0n) is 13.5. The minimum absolute atomic E-state index is 0.341. The zero-order valence-corrected chi connectivity index (χ0v) is 14.3. The second-order valence-corrected chi connectivity index (χ2v) is 6.30. The molecule has 0 saturated carbocycles. The van der Waals surface area contributed by atoms with Crippen LogP contribution in [0.3, 0.4) is 0 Å². The van der Waals surface area contributed by atoms with Gasteiger partial charge in [-0.3, -0.25) is 4.79 Å². The standard InChI is InChI=1S/C22H19ClO/c1-17(21(23)24)22(18-11-5-2-6-12-18,19-13-7-3-8-14-19)20-15-9-4-10-16-20/h2-17H,1H3/t17-/m0/s1. The first-order valence-electron chi connectivity index (χ1n) is 8.03. The molecule has 1 atom stereocenters. The van der Waals surface area contributed by atoms with Crippen LogP contribution in [0.2, 0.25) is 0 Å². The van der Waals surface area contributed by atoms with Crippen LogP contribution in [0.15, 0.2) is 91.0 Å². The molecule has 0 aliphatic carbocycles. The number of halogens is 1. The molecule has 3 aromatic rings. The maximum Gasteiger partial charge on any atom is 0.226 e. The number of carbonyl (C=O) groups excluding carboxylic acids is 1. The third-order valence-corrected chi connectivity index (χ3v) is 5.00. The third-order valence-electron chi connectivity index (χ3n) is 4.68. The normalized spacial score (nSPS) is 12.6. The van der Waals surface area contributed by atoms with Crippen molar-refractivity contribution in [2.45, 2.75) is 12.3 Å². The molecule has 0 bridgehead atoms. The Kier molecular flexibility index (Phi) is 4.82. The van der Waals surface area contributed by atoms with E-state index < -0.39 is 11.3 Å². The Labute approximate surface area is 147 Å². The lowest BCUT2D eigenvalue weighted by molar-refractivity contribution is -0.115. The fourth-order valence-electron chi connectivity index (χ4n) is 3.52. The van der Waals surface area contributed by atoms with E-state index in [9.17, 15) is 4.79 Å². The van der Waals surface area contributed by atoms with Crippen LogP contribution in [0.25, 0.3) is 0 Å². The molecular weight excluding hydrogens is 316 g/mol. The summed E-state index contributed by atoms with van der Waals surface area (Å²) in [5.74, 6) is -0.411. The molecule has 0 fully saturated rings. The molecule has 120 valence electrons. The molecule has 2 heteroatoms. The van der Waals surface area contributed by atoms with Crippen LogP contribution in [0, 0.1) is 5.92 Å². The summed E-state index contributed by atoms with van der Waals surface area (Å²) in [5.41, 5.74) is 2.56. The fraction of sp³-hybridized carbons (Fsp3) is 0.136. The van der Waals surface area contributed by atoms with Gasteiger partial charge in [-0.15, -0.1) is 0 Å². The van der Waals surface area contributed by atoms with Gasteiger partial charge in [0.1, 0.15) is 0 Å². The number of benzene rings is 3. The van der Waals surface area contributed by atoms with Gasteiger partial charge in [0, 0.05) is 5.92 Å². The molecule has 0 saturated heterocycles. The molecular formula is C22H19ClO. The summed E-state index contributed by atoms with van der Waals surface area (Å²) < 4.78 is 0. The third kappa shape index (κ3) is 2.76. The van der Waals surface area contributed by atoms with Gasteiger partial charge in [0.25, 0.3) is 0 Å². The summed E-state index contributed by atoms with van der Waals surface area (Å²) in [6.45, 7) is 1.91. The number of carbonyl (C=O) groups is 1. The largest absolute Gasteiger partial charge is 0.281 e. The predicted octanol–water partition coefficient (Wildman–Crippen LogP) is 5.42. The molecule has 0 unspecified atom stereocenters. The summed E-state index contributed by atoms with van der Waals surface area (Å²) in [7, 11) is 0. The first-order valence-corrected chi connectivity index (χ1v) is 8.41. The van der Waals surface area contributed by atoms with Crippen LogP contribution < -0.4 is 0 Å². The summed E-state index contributed by atoms with van der Waals surface area (Å²) >= 11 is 6.02. The van der Waals surface area contributed by atoms with Crippen molar-refractivity contribution in [1.82, 2.24) is 0 Å². The minimum atomic E-state index is -0.622. The van der Waals surface area contributed by atoms with E-state index >= 15 is 0 Å². The lowest BCUT2D eigenvalue weighted by atomic mass is 9.62. The molecule has 3 aromatic carbocycles. The quantitative estimate of drug-likeness (QED) is 0.449. The van der Waals surface area contributed by atoms with Gasteiger partial charge in [0.2, 0.25) is 5.24 Å². The molecule has 0 aliphatic rings. The van der Waals surface area contributed by atoms with Crippen molar-refractivity contribution < 1.29 is 4.79 Å². The van der Waals surface area contributed by atoms with Crippen molar-refractivity contribution in [2.75, 3.05) is 0 Å². The van der Waals surface area contributed by atoms with Crippen LogP contribution in [0.5, 0.6) is 0 Å². The summed E-state index contributed by atoms with van der Waals surface area (Å²) in [4.78, 5) is 12.3. The highest BCUT2D eigenvalue weighted by Crippen LogP contribution is 2.45. The van der Waals surface area contributed by atoms with Gasteiger partial charge in [-0.05, 0) is 28.3 Å². The number of rotatable bonds is 5. The summed E-state index contributed by atoms with van der Waals surface area (Å²) in [5, 5.41) is -0.341. The molecule has 0 N–H and O–H groups in total. The topological polar surface area (TPSA) is 17.1 Å². The van der Waals surface area contributed by atoms with Crippen molar-refractivity contribution >= 4 is 16.8 Å². The van der Waals surface area contributed by atoms with E-state index in [1.807, 2.05) is 61.5 Å². The maximum atomic E-state index is 12.3. The SMILES string of the molecule is C[C@@H](C(=O)Cl)C(c1ccccc1)(c1ccccc1)c1ccccc1. The Morgan fingerprint density at radius 3 is 1.25 bits per heavy atom. The molecule has 0 aliphatic heterocycles. The van der Waals surface area contributed by atoms with Crippen molar-refractivity contribution in [2.24, 2.45) is 5.92 Å². The van der Waals surface area contributed by atoms with Crippen LogP contribution >= 0.6 is 11.6 Å². The molecule has 3 rings (SSSR count). The lowest BCUT2D eigenvalue weighted by Gasteiger charge is -2.39. The Morgan fingerprint density at radius 1 is 0.708 bits per heavy atom. The number of hydrogen-bond acceptors (Lipinski definition) is 1. The molecule has 1 nitrogen and oxygen atoms in total. The second kappa shape index (κ2) is 7.02. The average molecular weight is 335 g/mol. The fourth-order valence-corrected chi connectivity index (χ4v) is 3.69.